The van der Waals surface area contributed by atoms with Crippen LogP contribution in [0.1, 0.15) is 19.4 Å². The molecule has 2 amide bonds. The number of nitrogens with zero attached hydrogens (tertiary/aromatic N) is 1. The first-order valence-electron chi connectivity index (χ1n) is 6.31. The van der Waals surface area contributed by atoms with Crippen molar-refractivity contribution in [1.29, 1.82) is 0 Å². The second kappa shape index (κ2) is 9.40. The highest BCUT2D eigenvalue weighted by molar-refractivity contribution is 9.11. The molecule has 0 aliphatic carbocycles. The van der Waals surface area contributed by atoms with Crippen LogP contribution in [0.3, 0.4) is 0 Å². The van der Waals surface area contributed by atoms with Crippen molar-refractivity contribution in [2.75, 3.05) is 13.6 Å². The van der Waals surface area contributed by atoms with Gasteiger partial charge >= 0.3 is 0 Å². The van der Waals surface area contributed by atoms with E-state index in [9.17, 15) is 9.59 Å². The number of carbonyl (C=O) groups is 2. The number of nitrogens with one attached hydrogen (secondary N) is 1. The van der Waals surface area contributed by atoms with Gasteiger partial charge in [-0.3, -0.25) is 9.59 Å². The van der Waals surface area contributed by atoms with Crippen molar-refractivity contribution < 1.29 is 9.59 Å². The van der Waals surface area contributed by atoms with Gasteiger partial charge in [0.15, 0.2) is 0 Å². The SMILES string of the molecule is CC(C)[C@H](N)C(=O)NCC(=O)N(C)Cc1csc(Br)c1.Cl. The number of hydrogen-bond acceptors (Lipinski definition) is 4. The lowest BCUT2D eigenvalue weighted by molar-refractivity contribution is -0.132. The van der Waals surface area contributed by atoms with Crippen molar-refractivity contribution in [2.45, 2.75) is 26.4 Å². The highest BCUT2D eigenvalue weighted by atomic mass is 79.9. The van der Waals surface area contributed by atoms with Crippen molar-refractivity contribution in [3.63, 3.8) is 0 Å². The lowest BCUT2D eigenvalue weighted by atomic mass is 10.1. The fraction of sp³-hybridized carbons (Fsp3) is 0.538. The summed E-state index contributed by atoms with van der Waals surface area (Å²) in [5.41, 5.74) is 6.77. The van der Waals surface area contributed by atoms with Gasteiger partial charge < -0.3 is 16.0 Å². The topological polar surface area (TPSA) is 75.4 Å². The summed E-state index contributed by atoms with van der Waals surface area (Å²) < 4.78 is 1.03. The molecule has 0 unspecified atom stereocenters. The second-order valence-corrected chi connectivity index (χ2v) is 7.29. The first-order chi connectivity index (χ1) is 9.31. The van der Waals surface area contributed by atoms with Crippen molar-refractivity contribution in [3.05, 3.63) is 20.8 Å². The summed E-state index contributed by atoms with van der Waals surface area (Å²) in [6.45, 7) is 4.23. The van der Waals surface area contributed by atoms with E-state index in [2.05, 4.69) is 21.2 Å². The fourth-order valence-electron chi connectivity index (χ4n) is 1.51. The second-order valence-electron chi connectivity index (χ2n) is 5.00. The van der Waals surface area contributed by atoms with Crippen LogP contribution in [-0.2, 0) is 16.1 Å². The molecule has 1 atom stereocenters. The van der Waals surface area contributed by atoms with Crippen LogP contribution in [-0.4, -0.2) is 36.3 Å². The number of halogens is 2. The Hall–Kier alpha value is -0.630. The van der Waals surface area contributed by atoms with Gasteiger partial charge in [-0.05, 0) is 38.9 Å². The molecule has 1 heterocycles. The van der Waals surface area contributed by atoms with Crippen LogP contribution in [0.5, 0.6) is 0 Å². The zero-order valence-corrected chi connectivity index (χ0v) is 15.5. The predicted octanol–water partition coefficient (Wildman–Crippen LogP) is 1.99. The van der Waals surface area contributed by atoms with Crippen molar-refractivity contribution in [2.24, 2.45) is 11.7 Å². The van der Waals surface area contributed by atoms with Crippen molar-refractivity contribution >= 4 is 51.5 Å². The quantitative estimate of drug-likeness (QED) is 0.769. The number of carbonyl (C=O) groups excluding carboxylic acids is 2. The molecule has 0 fully saturated rings. The Morgan fingerprint density at radius 3 is 2.57 bits per heavy atom. The van der Waals surface area contributed by atoms with Crippen molar-refractivity contribution in [1.82, 2.24) is 10.2 Å². The van der Waals surface area contributed by atoms with E-state index < -0.39 is 6.04 Å². The molecule has 0 radical (unpaired) electrons. The molecule has 0 saturated carbocycles. The lowest BCUT2D eigenvalue weighted by Crippen LogP contribution is -2.47. The van der Waals surface area contributed by atoms with E-state index in [1.165, 1.54) is 0 Å². The van der Waals surface area contributed by atoms with Crippen LogP contribution in [0.4, 0.5) is 0 Å². The molecular formula is C13H21BrClN3O2S. The monoisotopic (exact) mass is 397 g/mol. The Balaban J connectivity index is 0.00000400. The summed E-state index contributed by atoms with van der Waals surface area (Å²) in [4.78, 5) is 25.2. The normalized spacial score (nSPS) is 11.7. The fourth-order valence-corrected chi connectivity index (χ4v) is 2.71. The summed E-state index contributed by atoms with van der Waals surface area (Å²) in [6, 6.07) is 1.39. The number of likely N-dealkylation sites (N-methyl/N-ethyl adjacent to an activating group) is 1. The summed E-state index contributed by atoms with van der Waals surface area (Å²) in [7, 11) is 1.71. The number of thiophene rings is 1. The van der Waals surface area contributed by atoms with Crippen LogP contribution >= 0.6 is 39.7 Å². The smallest absolute Gasteiger partial charge is 0.242 e. The zero-order valence-electron chi connectivity index (χ0n) is 12.3. The van der Waals surface area contributed by atoms with E-state index in [0.29, 0.717) is 6.54 Å². The Labute approximate surface area is 143 Å². The van der Waals surface area contributed by atoms with Gasteiger partial charge in [-0.25, -0.2) is 0 Å². The Morgan fingerprint density at radius 2 is 2.10 bits per heavy atom. The van der Waals surface area contributed by atoms with Gasteiger partial charge in [0.05, 0.1) is 16.4 Å². The van der Waals surface area contributed by atoms with Gasteiger partial charge in [0.1, 0.15) is 0 Å². The van der Waals surface area contributed by atoms with Gasteiger partial charge in [0, 0.05) is 13.6 Å². The molecule has 1 rings (SSSR count). The molecule has 0 spiro atoms. The van der Waals surface area contributed by atoms with Crippen LogP contribution in [0.25, 0.3) is 0 Å². The highest BCUT2D eigenvalue weighted by Crippen LogP contribution is 2.21. The standard InChI is InChI=1S/C13H20BrN3O2S.ClH/c1-8(2)12(15)13(19)16-5-11(18)17(3)6-9-4-10(14)20-7-9;/h4,7-8,12H,5-6,15H2,1-3H3,(H,16,19);1H/t12-;/m0./s1. The van der Waals surface area contributed by atoms with Gasteiger partial charge in [0.2, 0.25) is 11.8 Å². The highest BCUT2D eigenvalue weighted by Gasteiger charge is 2.18. The average molecular weight is 399 g/mol. The summed E-state index contributed by atoms with van der Waals surface area (Å²) >= 11 is 4.96. The van der Waals surface area contributed by atoms with E-state index in [4.69, 9.17) is 5.73 Å². The van der Waals surface area contributed by atoms with Crippen molar-refractivity contribution in [3.8, 4) is 0 Å². The molecule has 0 aliphatic heterocycles. The molecular weight excluding hydrogens is 378 g/mol. The maximum Gasteiger partial charge on any atom is 0.242 e. The van der Waals surface area contributed by atoms with Gasteiger partial charge in [-0.1, -0.05) is 13.8 Å². The third kappa shape index (κ3) is 6.78. The molecule has 0 aliphatic rings. The average Bonchev–Trinajstić information content (AvgIpc) is 2.79. The summed E-state index contributed by atoms with van der Waals surface area (Å²) in [5, 5.41) is 4.56. The van der Waals surface area contributed by atoms with E-state index in [-0.39, 0.29) is 36.7 Å². The Bertz CT molecular complexity index is 482. The molecule has 120 valence electrons. The maximum atomic E-state index is 11.9. The third-order valence-electron chi connectivity index (χ3n) is 2.90. The number of nitrogens with two attached hydrogens (primary N) is 1. The van der Waals surface area contributed by atoms with Gasteiger partial charge in [0.25, 0.3) is 0 Å². The maximum absolute atomic E-state index is 11.9. The minimum Gasteiger partial charge on any atom is -0.346 e. The molecule has 1 aromatic rings. The van der Waals surface area contributed by atoms with E-state index in [1.807, 2.05) is 25.3 Å². The Morgan fingerprint density at radius 1 is 1.48 bits per heavy atom. The lowest BCUT2D eigenvalue weighted by Gasteiger charge is -2.19. The van der Waals surface area contributed by atoms with Crippen LogP contribution in [0.15, 0.2) is 15.2 Å². The molecule has 0 bridgehead atoms. The number of amides is 2. The first-order valence-corrected chi connectivity index (χ1v) is 7.98. The molecule has 0 aromatic carbocycles. The molecule has 1 aromatic heterocycles. The Kier molecular flexibility index (Phi) is 9.12. The number of rotatable bonds is 6. The summed E-state index contributed by atoms with van der Waals surface area (Å²) in [6.07, 6.45) is 0. The molecule has 21 heavy (non-hydrogen) atoms. The van der Waals surface area contributed by atoms with Crippen LogP contribution in [0, 0.1) is 5.92 Å². The van der Waals surface area contributed by atoms with Gasteiger partial charge in [-0.15, -0.1) is 23.7 Å². The minimum atomic E-state index is -0.582. The molecule has 5 nitrogen and oxygen atoms in total. The van der Waals surface area contributed by atoms with E-state index >= 15 is 0 Å². The summed E-state index contributed by atoms with van der Waals surface area (Å²) in [5.74, 6) is -0.386. The van der Waals surface area contributed by atoms with E-state index in [1.54, 1.807) is 23.3 Å². The molecule has 8 heteroatoms. The van der Waals surface area contributed by atoms with E-state index in [0.717, 1.165) is 9.35 Å². The minimum absolute atomic E-state index is 0. The van der Waals surface area contributed by atoms with Crippen LogP contribution < -0.4 is 11.1 Å². The molecule has 0 saturated heterocycles. The van der Waals surface area contributed by atoms with Gasteiger partial charge in [-0.2, -0.15) is 0 Å². The predicted molar refractivity (Wildman–Crippen MR) is 91.6 cm³/mol. The molecule has 3 N–H and O–H groups in total. The third-order valence-corrected chi connectivity index (χ3v) is 4.46. The number of hydrogen-bond donors (Lipinski definition) is 2. The first kappa shape index (κ1) is 20.4. The zero-order chi connectivity index (χ0) is 15.3. The van der Waals surface area contributed by atoms with Crippen LogP contribution in [0.2, 0.25) is 0 Å². The largest absolute Gasteiger partial charge is 0.346 e.